The van der Waals surface area contributed by atoms with Gasteiger partial charge in [-0.2, -0.15) is 0 Å². The Balaban J connectivity index is 1.35. The fourth-order valence-corrected chi connectivity index (χ4v) is 4.72. The normalized spacial score (nSPS) is 16.8. The monoisotopic (exact) mass is 520 g/mol. The van der Waals surface area contributed by atoms with Crippen LogP contribution < -0.4 is 10.1 Å². The average Bonchev–Trinajstić information content (AvgIpc) is 3.18. The highest BCUT2D eigenvalue weighted by molar-refractivity contribution is 8.16. The van der Waals surface area contributed by atoms with E-state index in [-0.39, 0.29) is 19.4 Å². The molecular formula is C27H24N2O7S. The van der Waals surface area contributed by atoms with E-state index in [9.17, 15) is 19.2 Å². The molecule has 10 heteroatoms. The Hall–Kier alpha value is -4.18. The Morgan fingerprint density at radius 2 is 1.68 bits per heavy atom. The summed E-state index contributed by atoms with van der Waals surface area (Å²) in [4.78, 5) is 52.6. The summed E-state index contributed by atoms with van der Waals surface area (Å²) in [7, 11) is 0. The van der Waals surface area contributed by atoms with Crippen LogP contribution in [0.5, 0.6) is 5.75 Å². The molecule has 0 spiro atoms. The molecule has 1 aromatic heterocycles. The summed E-state index contributed by atoms with van der Waals surface area (Å²) in [6, 6.07) is 19.5. The van der Waals surface area contributed by atoms with Crippen molar-refractivity contribution in [1.82, 2.24) is 10.3 Å². The molecule has 190 valence electrons. The van der Waals surface area contributed by atoms with E-state index in [4.69, 9.17) is 14.6 Å². The first-order valence-electron chi connectivity index (χ1n) is 11.5. The van der Waals surface area contributed by atoms with Crippen LogP contribution in [0, 0.1) is 0 Å². The molecule has 1 fully saturated rings. The van der Waals surface area contributed by atoms with Crippen molar-refractivity contribution in [3.8, 4) is 5.75 Å². The van der Waals surface area contributed by atoms with Gasteiger partial charge in [-0.25, -0.2) is 4.79 Å². The highest BCUT2D eigenvalue weighted by Crippen LogP contribution is 2.37. The van der Waals surface area contributed by atoms with Crippen LogP contribution >= 0.6 is 11.8 Å². The van der Waals surface area contributed by atoms with Crippen molar-refractivity contribution >= 4 is 34.8 Å². The number of pyridine rings is 1. The molecule has 0 unspecified atom stereocenters. The molecule has 0 radical (unpaired) electrons. The second-order valence-electron chi connectivity index (χ2n) is 8.38. The Kier molecular flexibility index (Phi) is 8.19. The molecule has 1 saturated heterocycles. The molecule has 1 aliphatic rings. The van der Waals surface area contributed by atoms with Gasteiger partial charge in [0.05, 0.1) is 13.0 Å². The molecule has 9 nitrogen and oxygen atoms in total. The summed E-state index contributed by atoms with van der Waals surface area (Å²) >= 11 is 0.634. The lowest BCUT2D eigenvalue weighted by Crippen LogP contribution is -2.46. The number of hydrogen-bond donors (Lipinski definition) is 2. The van der Waals surface area contributed by atoms with Crippen LogP contribution in [0.1, 0.15) is 22.4 Å². The van der Waals surface area contributed by atoms with Crippen LogP contribution in [0.25, 0.3) is 0 Å². The highest BCUT2D eigenvalue weighted by atomic mass is 32.2. The first-order valence-corrected chi connectivity index (χ1v) is 12.3. The van der Waals surface area contributed by atoms with Crippen molar-refractivity contribution in [1.29, 1.82) is 0 Å². The number of esters is 1. The molecule has 2 amide bonds. The standard InChI is InChI=1S/C27H24N2O7S/c30-23(31)14-20-6-9-21(28-16-20)12-13-35-22-10-7-18(8-11-22)15-27(24(32)29-26(34)37-27)25(33)36-17-19-4-2-1-3-5-19/h1-11,16H,12-15,17H2,(H,30,31)(H,29,32,34)/t27-/m1/s1. The van der Waals surface area contributed by atoms with E-state index >= 15 is 0 Å². The van der Waals surface area contributed by atoms with Gasteiger partial charge in [0.2, 0.25) is 4.75 Å². The molecule has 1 aliphatic heterocycles. The van der Waals surface area contributed by atoms with E-state index in [1.54, 1.807) is 54.7 Å². The van der Waals surface area contributed by atoms with E-state index in [0.29, 0.717) is 41.7 Å². The number of hydrogen-bond acceptors (Lipinski definition) is 8. The van der Waals surface area contributed by atoms with Crippen molar-refractivity contribution in [2.75, 3.05) is 6.61 Å². The fourth-order valence-electron chi connectivity index (χ4n) is 3.73. The van der Waals surface area contributed by atoms with Crippen LogP contribution in [0.3, 0.4) is 0 Å². The summed E-state index contributed by atoms with van der Waals surface area (Å²) in [5.41, 5.74) is 2.84. The van der Waals surface area contributed by atoms with Crippen LogP contribution in [-0.4, -0.2) is 44.5 Å². The quantitative estimate of drug-likeness (QED) is 0.289. The van der Waals surface area contributed by atoms with Crippen LogP contribution in [0.15, 0.2) is 72.9 Å². The number of ether oxygens (including phenoxy) is 2. The first kappa shape index (κ1) is 25.9. The van der Waals surface area contributed by atoms with Crippen LogP contribution in [-0.2, 0) is 45.0 Å². The molecule has 2 N–H and O–H groups in total. The summed E-state index contributed by atoms with van der Waals surface area (Å²) in [5.74, 6) is -1.78. The van der Waals surface area contributed by atoms with Crippen molar-refractivity contribution in [2.45, 2.75) is 30.6 Å². The molecule has 1 atom stereocenters. The minimum absolute atomic E-state index is 0.00657. The number of nitrogens with zero attached hydrogens (tertiary/aromatic N) is 1. The zero-order valence-electron chi connectivity index (χ0n) is 19.7. The number of carboxylic acids is 1. The average molecular weight is 521 g/mol. The third-order valence-corrected chi connectivity index (χ3v) is 6.77. The maximum Gasteiger partial charge on any atom is 0.333 e. The van der Waals surface area contributed by atoms with Gasteiger partial charge < -0.3 is 14.6 Å². The number of aromatic nitrogens is 1. The molecule has 2 heterocycles. The number of benzene rings is 2. The number of rotatable bonds is 11. The fraction of sp³-hybridized carbons (Fsp3) is 0.222. The molecule has 3 aromatic rings. The molecule has 4 rings (SSSR count). The number of imide groups is 1. The van der Waals surface area contributed by atoms with E-state index in [0.717, 1.165) is 11.3 Å². The SMILES string of the molecule is O=C(O)Cc1ccc(CCOc2ccc(C[C@@]3(C(=O)OCc4ccccc4)SC(=O)NC3=O)cc2)nc1. The Morgan fingerprint density at radius 3 is 2.30 bits per heavy atom. The molecule has 37 heavy (non-hydrogen) atoms. The summed E-state index contributed by atoms with van der Waals surface area (Å²) in [6.07, 6.45) is 1.98. The highest BCUT2D eigenvalue weighted by Gasteiger charge is 2.55. The summed E-state index contributed by atoms with van der Waals surface area (Å²) in [5, 5.41) is 10.4. The second-order valence-corrected chi connectivity index (χ2v) is 9.65. The number of carboxylic acid groups (broad SMARTS) is 1. The first-order chi connectivity index (χ1) is 17.8. The minimum Gasteiger partial charge on any atom is -0.493 e. The van der Waals surface area contributed by atoms with Gasteiger partial charge in [0.25, 0.3) is 11.1 Å². The zero-order chi connectivity index (χ0) is 26.3. The van der Waals surface area contributed by atoms with Gasteiger partial charge in [0.1, 0.15) is 12.4 Å². The topological polar surface area (TPSA) is 132 Å². The lowest BCUT2D eigenvalue weighted by Gasteiger charge is -2.22. The van der Waals surface area contributed by atoms with Gasteiger partial charge in [0, 0.05) is 24.7 Å². The smallest absolute Gasteiger partial charge is 0.333 e. The maximum absolute atomic E-state index is 13.0. The third kappa shape index (κ3) is 6.73. The number of nitrogens with one attached hydrogen (secondary N) is 1. The van der Waals surface area contributed by atoms with E-state index in [1.807, 2.05) is 18.2 Å². The molecule has 2 aromatic carbocycles. The Labute approximate surface area is 217 Å². The maximum atomic E-state index is 13.0. The van der Waals surface area contributed by atoms with Crippen LogP contribution in [0.2, 0.25) is 0 Å². The van der Waals surface area contributed by atoms with Gasteiger partial charge >= 0.3 is 11.9 Å². The van der Waals surface area contributed by atoms with E-state index < -0.39 is 27.8 Å². The predicted molar refractivity (Wildman–Crippen MR) is 135 cm³/mol. The van der Waals surface area contributed by atoms with Crippen molar-refractivity contribution in [2.24, 2.45) is 0 Å². The zero-order valence-corrected chi connectivity index (χ0v) is 20.5. The number of carbonyl (C=O) groups is 4. The number of aliphatic carboxylic acids is 1. The van der Waals surface area contributed by atoms with Crippen molar-refractivity contribution in [3.63, 3.8) is 0 Å². The van der Waals surface area contributed by atoms with E-state index in [1.165, 1.54) is 0 Å². The second kappa shape index (κ2) is 11.7. The van der Waals surface area contributed by atoms with Gasteiger partial charge in [-0.05, 0) is 46.7 Å². The van der Waals surface area contributed by atoms with Gasteiger partial charge in [-0.15, -0.1) is 0 Å². The lowest BCUT2D eigenvalue weighted by molar-refractivity contribution is -0.150. The van der Waals surface area contributed by atoms with Crippen LogP contribution in [0.4, 0.5) is 4.79 Å². The molecule has 0 saturated carbocycles. The summed E-state index contributed by atoms with van der Waals surface area (Å²) < 4.78 is 9.48. The molecule has 0 aliphatic carbocycles. The third-order valence-electron chi connectivity index (χ3n) is 5.64. The molecular weight excluding hydrogens is 496 g/mol. The predicted octanol–water partition coefficient (Wildman–Crippen LogP) is 3.34. The Morgan fingerprint density at radius 1 is 0.946 bits per heavy atom. The lowest BCUT2D eigenvalue weighted by atomic mass is 9.97. The van der Waals surface area contributed by atoms with Gasteiger partial charge in [-0.3, -0.25) is 24.7 Å². The number of thioether (sulfide) groups is 1. The van der Waals surface area contributed by atoms with Gasteiger partial charge in [-0.1, -0.05) is 48.5 Å². The van der Waals surface area contributed by atoms with Crippen molar-refractivity contribution in [3.05, 3.63) is 95.3 Å². The Bertz CT molecular complexity index is 1280. The largest absolute Gasteiger partial charge is 0.493 e. The number of carbonyl (C=O) groups excluding carboxylic acids is 3. The molecule has 0 bridgehead atoms. The minimum atomic E-state index is -1.70. The summed E-state index contributed by atoms with van der Waals surface area (Å²) in [6.45, 7) is 0.348. The van der Waals surface area contributed by atoms with Crippen molar-refractivity contribution < 1.29 is 33.8 Å². The van der Waals surface area contributed by atoms with Gasteiger partial charge in [0.15, 0.2) is 0 Å². The number of amides is 2. The van der Waals surface area contributed by atoms with E-state index in [2.05, 4.69) is 10.3 Å².